The second kappa shape index (κ2) is 12.3. The lowest BCUT2D eigenvalue weighted by Crippen LogP contribution is -2.30. The molecule has 1 fully saturated rings. The van der Waals surface area contributed by atoms with Crippen LogP contribution in [0.2, 0.25) is 0 Å². The second-order valence-corrected chi connectivity index (χ2v) is 8.92. The van der Waals surface area contributed by atoms with Crippen molar-refractivity contribution in [2.45, 2.75) is 32.4 Å². The van der Waals surface area contributed by atoms with Gasteiger partial charge in [-0.1, -0.05) is 24.3 Å². The maximum atomic E-state index is 13.0. The lowest BCUT2D eigenvalue weighted by atomic mass is 10.1. The molecule has 0 atom stereocenters. The minimum Gasteiger partial charge on any atom is -0.501 e. The third-order valence-electron chi connectivity index (χ3n) is 6.23. The Bertz CT molecular complexity index is 1450. The number of piperidine rings is 1. The standard InChI is InChI=1S/C21H21FN4O3.C7H8FN/c22-15-6-4-14(5-7-15)12-23-20(28)18-19(27)21(29)26-13-16(8-9-17(26)24-18)25-10-2-1-3-11-25;8-7-3-1-6(5-9)2-4-7/h4-9,13,27H,1-3,10-12H2,(H,23,28);1-4H,5,9H2. The van der Waals surface area contributed by atoms with Gasteiger partial charge >= 0.3 is 5.56 Å². The van der Waals surface area contributed by atoms with E-state index in [1.165, 1.54) is 35.1 Å². The maximum Gasteiger partial charge on any atom is 0.300 e. The van der Waals surface area contributed by atoms with E-state index in [-0.39, 0.29) is 29.5 Å². The van der Waals surface area contributed by atoms with Crippen molar-refractivity contribution in [1.29, 1.82) is 0 Å². The van der Waals surface area contributed by atoms with E-state index < -0.39 is 17.2 Å². The van der Waals surface area contributed by atoms with E-state index in [1.54, 1.807) is 36.5 Å². The summed E-state index contributed by atoms with van der Waals surface area (Å²) in [5.74, 6) is -1.96. The summed E-state index contributed by atoms with van der Waals surface area (Å²) in [6.07, 6.45) is 5.05. The van der Waals surface area contributed by atoms with Gasteiger partial charge in [-0.25, -0.2) is 13.8 Å². The smallest absolute Gasteiger partial charge is 0.300 e. The van der Waals surface area contributed by atoms with Crippen LogP contribution in [0, 0.1) is 11.6 Å². The highest BCUT2D eigenvalue weighted by molar-refractivity contribution is 5.95. The average Bonchev–Trinajstić information content (AvgIpc) is 2.95. The van der Waals surface area contributed by atoms with Crippen LogP contribution >= 0.6 is 0 Å². The topological polar surface area (TPSA) is 113 Å². The van der Waals surface area contributed by atoms with E-state index in [0.29, 0.717) is 12.1 Å². The summed E-state index contributed by atoms with van der Waals surface area (Å²) in [5, 5.41) is 12.9. The van der Waals surface area contributed by atoms with Gasteiger partial charge in [0.2, 0.25) is 5.75 Å². The Labute approximate surface area is 218 Å². The summed E-state index contributed by atoms with van der Waals surface area (Å²) in [5.41, 5.74) is 7.05. The van der Waals surface area contributed by atoms with Crippen LogP contribution in [-0.2, 0) is 13.1 Å². The van der Waals surface area contributed by atoms with Crippen molar-refractivity contribution in [3.8, 4) is 5.75 Å². The lowest BCUT2D eigenvalue weighted by Gasteiger charge is -2.28. The molecule has 8 nitrogen and oxygen atoms in total. The summed E-state index contributed by atoms with van der Waals surface area (Å²) >= 11 is 0. The van der Waals surface area contributed by atoms with Crippen molar-refractivity contribution >= 4 is 17.2 Å². The normalized spacial score (nSPS) is 13.1. The highest BCUT2D eigenvalue weighted by Crippen LogP contribution is 2.21. The minimum absolute atomic E-state index is 0.119. The van der Waals surface area contributed by atoms with E-state index in [1.807, 2.05) is 6.07 Å². The van der Waals surface area contributed by atoms with Gasteiger partial charge in [0.15, 0.2) is 5.69 Å². The van der Waals surface area contributed by atoms with Crippen LogP contribution in [0.15, 0.2) is 71.7 Å². The highest BCUT2D eigenvalue weighted by atomic mass is 19.1. The third kappa shape index (κ3) is 6.51. The summed E-state index contributed by atoms with van der Waals surface area (Å²) in [4.78, 5) is 31.4. The highest BCUT2D eigenvalue weighted by Gasteiger charge is 2.19. The average molecular weight is 522 g/mol. The lowest BCUT2D eigenvalue weighted by molar-refractivity contribution is 0.0942. The molecule has 0 unspecified atom stereocenters. The predicted octanol–water partition coefficient (Wildman–Crippen LogP) is 3.74. The maximum absolute atomic E-state index is 13.0. The Morgan fingerprint density at radius 3 is 2.13 bits per heavy atom. The number of fused-ring (bicyclic) bond motifs is 1. The van der Waals surface area contributed by atoms with Gasteiger partial charge in [-0.15, -0.1) is 0 Å². The molecule has 5 rings (SSSR count). The zero-order chi connectivity index (χ0) is 27.1. The number of anilines is 1. The van der Waals surface area contributed by atoms with Crippen LogP contribution in [0.1, 0.15) is 40.9 Å². The summed E-state index contributed by atoms with van der Waals surface area (Å²) < 4.78 is 26.4. The van der Waals surface area contributed by atoms with Crippen molar-refractivity contribution in [2.75, 3.05) is 18.0 Å². The molecule has 4 aromatic rings. The number of hydrogen-bond acceptors (Lipinski definition) is 6. The summed E-state index contributed by atoms with van der Waals surface area (Å²) in [6.45, 7) is 2.43. The number of pyridine rings is 1. The molecule has 198 valence electrons. The zero-order valence-corrected chi connectivity index (χ0v) is 20.7. The Morgan fingerprint density at radius 2 is 1.53 bits per heavy atom. The Kier molecular flexibility index (Phi) is 8.65. The fraction of sp³-hybridized carbons (Fsp3) is 0.250. The van der Waals surface area contributed by atoms with Crippen molar-refractivity contribution < 1.29 is 18.7 Å². The van der Waals surface area contributed by atoms with Gasteiger partial charge in [-0.05, 0) is 66.8 Å². The molecule has 1 saturated heterocycles. The van der Waals surface area contributed by atoms with Crippen LogP contribution in [0.3, 0.4) is 0 Å². The summed E-state index contributed by atoms with van der Waals surface area (Å²) in [6, 6.07) is 15.4. The van der Waals surface area contributed by atoms with Gasteiger partial charge in [0.25, 0.3) is 5.91 Å². The van der Waals surface area contributed by atoms with Gasteiger partial charge in [-0.2, -0.15) is 0 Å². The molecular formula is C28H29F2N5O3. The first-order chi connectivity index (χ1) is 18.4. The molecule has 2 aromatic carbocycles. The molecule has 10 heteroatoms. The first kappa shape index (κ1) is 26.7. The number of aromatic hydroxyl groups is 1. The third-order valence-corrected chi connectivity index (χ3v) is 6.23. The number of benzene rings is 2. The van der Waals surface area contributed by atoms with Crippen LogP contribution in [0.4, 0.5) is 14.5 Å². The number of nitrogens with zero attached hydrogens (tertiary/aromatic N) is 3. The summed E-state index contributed by atoms with van der Waals surface area (Å²) in [7, 11) is 0. The number of carbonyl (C=O) groups is 1. The van der Waals surface area contributed by atoms with Gasteiger partial charge in [0.1, 0.15) is 17.3 Å². The molecule has 1 amide bonds. The molecule has 0 aliphatic carbocycles. The number of nitrogens with one attached hydrogen (secondary N) is 1. The Morgan fingerprint density at radius 1 is 0.921 bits per heavy atom. The van der Waals surface area contributed by atoms with E-state index in [4.69, 9.17) is 5.73 Å². The second-order valence-electron chi connectivity index (χ2n) is 8.92. The number of hydrogen-bond donors (Lipinski definition) is 3. The van der Waals surface area contributed by atoms with Gasteiger partial charge in [0, 0.05) is 32.4 Å². The Balaban J connectivity index is 0.000000317. The number of nitrogens with two attached hydrogens (primary N) is 1. The molecule has 1 aliphatic rings. The zero-order valence-electron chi connectivity index (χ0n) is 20.7. The fourth-order valence-corrected chi connectivity index (χ4v) is 4.10. The number of carbonyl (C=O) groups excluding carboxylic acids is 1. The van der Waals surface area contributed by atoms with Gasteiger partial charge in [-0.3, -0.25) is 14.0 Å². The first-order valence-electron chi connectivity index (χ1n) is 12.3. The van der Waals surface area contributed by atoms with Crippen LogP contribution < -0.4 is 21.5 Å². The quantitative estimate of drug-likeness (QED) is 0.369. The molecule has 4 N–H and O–H groups in total. The minimum atomic E-state index is -0.699. The van der Waals surface area contributed by atoms with Crippen molar-refractivity contribution in [2.24, 2.45) is 5.73 Å². The number of halogens is 2. The van der Waals surface area contributed by atoms with E-state index in [9.17, 15) is 23.5 Å². The molecule has 0 radical (unpaired) electrons. The monoisotopic (exact) mass is 521 g/mol. The molecule has 0 spiro atoms. The van der Waals surface area contributed by atoms with Crippen molar-refractivity contribution in [3.63, 3.8) is 0 Å². The molecular weight excluding hydrogens is 492 g/mol. The van der Waals surface area contributed by atoms with Crippen molar-refractivity contribution in [3.05, 3.63) is 106 Å². The predicted molar refractivity (Wildman–Crippen MR) is 141 cm³/mol. The SMILES string of the molecule is NCc1ccc(F)cc1.O=C(NCc1ccc(F)cc1)c1nc2ccc(N3CCCCC3)cn2c(=O)c1O. The molecule has 0 bridgehead atoms. The van der Waals surface area contributed by atoms with Crippen molar-refractivity contribution in [1.82, 2.24) is 14.7 Å². The van der Waals surface area contributed by atoms with Crippen LogP contribution in [0.5, 0.6) is 5.75 Å². The number of aromatic nitrogens is 2. The molecule has 2 aromatic heterocycles. The molecule has 38 heavy (non-hydrogen) atoms. The van der Waals surface area contributed by atoms with E-state index in [0.717, 1.165) is 37.2 Å². The van der Waals surface area contributed by atoms with E-state index >= 15 is 0 Å². The fourth-order valence-electron chi connectivity index (χ4n) is 4.10. The first-order valence-corrected chi connectivity index (χ1v) is 12.3. The number of rotatable bonds is 5. The van der Waals surface area contributed by atoms with Crippen LogP contribution in [0.25, 0.3) is 5.65 Å². The molecule has 1 aliphatic heterocycles. The Hall–Kier alpha value is -4.31. The molecule has 3 heterocycles. The van der Waals surface area contributed by atoms with Crippen LogP contribution in [-0.4, -0.2) is 33.5 Å². The molecule has 0 saturated carbocycles. The van der Waals surface area contributed by atoms with Gasteiger partial charge < -0.3 is 21.1 Å². The largest absolute Gasteiger partial charge is 0.501 e. The number of amides is 1. The van der Waals surface area contributed by atoms with E-state index in [2.05, 4.69) is 15.2 Å². The van der Waals surface area contributed by atoms with Gasteiger partial charge in [0.05, 0.1) is 5.69 Å².